The van der Waals surface area contributed by atoms with Crippen molar-refractivity contribution in [1.82, 2.24) is 10.2 Å². The second-order valence-corrected chi connectivity index (χ2v) is 6.81. The van der Waals surface area contributed by atoms with Gasteiger partial charge in [-0.05, 0) is 62.1 Å². The van der Waals surface area contributed by atoms with Crippen molar-refractivity contribution < 1.29 is 0 Å². The van der Waals surface area contributed by atoms with E-state index in [1.165, 1.54) is 38.5 Å². The number of nitrogens with zero attached hydrogens (tertiary/aromatic N) is 1. The molecule has 1 N–H and O–H groups in total. The highest BCUT2D eigenvalue weighted by atomic mass is 32.1. The number of piperidine rings is 1. The topological polar surface area (TPSA) is 15.3 Å². The van der Waals surface area contributed by atoms with Crippen LogP contribution >= 0.6 is 12.2 Å². The zero-order chi connectivity index (χ0) is 11.8. The van der Waals surface area contributed by atoms with Crippen molar-refractivity contribution >= 4 is 17.3 Å². The molecule has 0 unspecified atom stereocenters. The molecular formula is C14H24N2S. The predicted molar refractivity (Wildman–Crippen MR) is 74.9 cm³/mol. The molecule has 3 heteroatoms. The second-order valence-electron chi connectivity index (χ2n) is 6.42. The van der Waals surface area contributed by atoms with Crippen LogP contribution in [0.25, 0.3) is 0 Å². The van der Waals surface area contributed by atoms with Crippen LogP contribution in [0.4, 0.5) is 0 Å². The monoisotopic (exact) mass is 252 g/mol. The van der Waals surface area contributed by atoms with Crippen LogP contribution in [-0.4, -0.2) is 29.1 Å². The molecule has 1 heterocycles. The summed E-state index contributed by atoms with van der Waals surface area (Å²) < 4.78 is 0. The van der Waals surface area contributed by atoms with Gasteiger partial charge < -0.3 is 10.2 Å². The third kappa shape index (κ3) is 2.44. The molecule has 0 aromatic heterocycles. The molecule has 2 aliphatic carbocycles. The van der Waals surface area contributed by atoms with Gasteiger partial charge in [0.05, 0.1) is 0 Å². The molecule has 96 valence electrons. The maximum atomic E-state index is 5.59. The van der Waals surface area contributed by atoms with Crippen LogP contribution in [0.3, 0.4) is 0 Å². The van der Waals surface area contributed by atoms with Crippen LogP contribution in [0.5, 0.6) is 0 Å². The van der Waals surface area contributed by atoms with Gasteiger partial charge in [-0.1, -0.05) is 13.3 Å². The van der Waals surface area contributed by atoms with Crippen molar-refractivity contribution in [1.29, 1.82) is 0 Å². The first-order valence-corrected chi connectivity index (χ1v) is 7.68. The van der Waals surface area contributed by atoms with Gasteiger partial charge in [0.1, 0.15) is 0 Å². The Morgan fingerprint density at radius 1 is 1.24 bits per heavy atom. The lowest BCUT2D eigenvalue weighted by Gasteiger charge is -2.35. The molecule has 17 heavy (non-hydrogen) atoms. The molecular weight excluding hydrogens is 228 g/mol. The van der Waals surface area contributed by atoms with E-state index in [4.69, 9.17) is 12.2 Å². The standard InChI is InChI=1S/C14H24N2S/c1-10-3-2-6-16(9-10)14(17)15-13-8-11-4-5-12(13)7-11/h10-13H,2-9H2,1H3,(H,15,17)/t10-,11-,12-,13+/m0/s1. The van der Waals surface area contributed by atoms with E-state index in [2.05, 4.69) is 17.1 Å². The Bertz CT molecular complexity index is 305. The molecule has 0 radical (unpaired) electrons. The summed E-state index contributed by atoms with van der Waals surface area (Å²) in [6.45, 7) is 4.66. The minimum atomic E-state index is 0.693. The maximum absolute atomic E-state index is 5.59. The molecule has 1 aliphatic heterocycles. The van der Waals surface area contributed by atoms with Gasteiger partial charge in [-0.3, -0.25) is 0 Å². The lowest BCUT2D eigenvalue weighted by Crippen LogP contribution is -2.49. The van der Waals surface area contributed by atoms with Gasteiger partial charge in [-0.15, -0.1) is 0 Å². The largest absolute Gasteiger partial charge is 0.360 e. The van der Waals surface area contributed by atoms with E-state index in [0.29, 0.717) is 6.04 Å². The van der Waals surface area contributed by atoms with E-state index >= 15 is 0 Å². The van der Waals surface area contributed by atoms with Crippen molar-refractivity contribution in [3.63, 3.8) is 0 Å². The van der Waals surface area contributed by atoms with Crippen molar-refractivity contribution in [2.24, 2.45) is 17.8 Å². The first-order valence-electron chi connectivity index (χ1n) is 7.28. The van der Waals surface area contributed by atoms with Gasteiger partial charge in [-0.2, -0.15) is 0 Å². The number of rotatable bonds is 1. The summed E-state index contributed by atoms with van der Waals surface area (Å²) in [5.74, 6) is 2.73. The van der Waals surface area contributed by atoms with Gasteiger partial charge in [0.2, 0.25) is 0 Å². The number of nitrogens with one attached hydrogen (secondary N) is 1. The van der Waals surface area contributed by atoms with Gasteiger partial charge in [0, 0.05) is 19.1 Å². The van der Waals surface area contributed by atoms with E-state index in [0.717, 1.165) is 36.0 Å². The van der Waals surface area contributed by atoms with E-state index in [1.54, 1.807) is 0 Å². The number of fused-ring (bicyclic) bond motifs is 2. The van der Waals surface area contributed by atoms with Crippen LogP contribution in [0.2, 0.25) is 0 Å². The second kappa shape index (κ2) is 4.75. The highest BCUT2D eigenvalue weighted by Gasteiger charge is 2.40. The molecule has 4 atom stereocenters. The van der Waals surface area contributed by atoms with Crippen LogP contribution in [0, 0.1) is 17.8 Å². The lowest BCUT2D eigenvalue weighted by atomic mass is 9.95. The minimum absolute atomic E-state index is 0.693. The molecule has 3 aliphatic rings. The van der Waals surface area contributed by atoms with Crippen LogP contribution in [0.1, 0.15) is 45.4 Å². The van der Waals surface area contributed by atoms with E-state index < -0.39 is 0 Å². The SMILES string of the molecule is C[C@H]1CCCN(C(=S)N[C@@H]2C[C@H]3CC[C@H]2C3)C1. The van der Waals surface area contributed by atoms with Gasteiger partial charge >= 0.3 is 0 Å². The summed E-state index contributed by atoms with van der Waals surface area (Å²) in [5.41, 5.74) is 0. The molecule has 0 spiro atoms. The van der Waals surface area contributed by atoms with Gasteiger partial charge in [-0.25, -0.2) is 0 Å². The fourth-order valence-electron chi connectivity index (χ4n) is 4.05. The maximum Gasteiger partial charge on any atom is 0.169 e. The van der Waals surface area contributed by atoms with Crippen molar-refractivity contribution in [3.8, 4) is 0 Å². The zero-order valence-electron chi connectivity index (χ0n) is 10.8. The molecule has 0 aromatic rings. The van der Waals surface area contributed by atoms with Crippen molar-refractivity contribution in [3.05, 3.63) is 0 Å². The van der Waals surface area contributed by atoms with Crippen molar-refractivity contribution in [2.45, 2.75) is 51.5 Å². The molecule has 0 aromatic carbocycles. The normalized spacial score (nSPS) is 40.6. The fourth-order valence-corrected chi connectivity index (χ4v) is 4.36. The first kappa shape index (κ1) is 11.8. The molecule has 3 rings (SSSR count). The summed E-state index contributed by atoms with van der Waals surface area (Å²) in [6, 6.07) is 0.693. The molecule has 0 amide bonds. The number of hydrogen-bond donors (Lipinski definition) is 1. The van der Waals surface area contributed by atoms with E-state index in [9.17, 15) is 0 Å². The Morgan fingerprint density at radius 3 is 2.76 bits per heavy atom. The first-order chi connectivity index (χ1) is 8.22. The smallest absolute Gasteiger partial charge is 0.169 e. The Hall–Kier alpha value is -0.310. The molecule has 2 bridgehead atoms. The summed E-state index contributed by atoms with van der Waals surface area (Å²) in [6.07, 6.45) is 8.40. The Balaban J connectivity index is 1.53. The van der Waals surface area contributed by atoms with E-state index in [-0.39, 0.29) is 0 Å². The Kier molecular flexibility index (Phi) is 3.29. The highest BCUT2D eigenvalue weighted by molar-refractivity contribution is 7.80. The van der Waals surface area contributed by atoms with E-state index in [1.807, 2.05) is 0 Å². The summed E-state index contributed by atoms with van der Waals surface area (Å²) in [4.78, 5) is 2.40. The molecule has 2 nitrogen and oxygen atoms in total. The van der Waals surface area contributed by atoms with Crippen molar-refractivity contribution in [2.75, 3.05) is 13.1 Å². The summed E-state index contributed by atoms with van der Waals surface area (Å²) in [7, 11) is 0. The molecule has 2 saturated carbocycles. The molecule has 3 fully saturated rings. The third-order valence-corrected chi connectivity index (χ3v) is 5.37. The van der Waals surface area contributed by atoms with Crippen LogP contribution in [-0.2, 0) is 0 Å². The average Bonchev–Trinajstić information content (AvgIpc) is 2.91. The van der Waals surface area contributed by atoms with Crippen LogP contribution < -0.4 is 5.32 Å². The predicted octanol–water partition coefficient (Wildman–Crippen LogP) is 2.78. The molecule has 1 saturated heterocycles. The summed E-state index contributed by atoms with van der Waals surface area (Å²) >= 11 is 5.59. The minimum Gasteiger partial charge on any atom is -0.360 e. The lowest BCUT2D eigenvalue weighted by molar-refractivity contribution is 0.263. The van der Waals surface area contributed by atoms with Crippen LogP contribution in [0.15, 0.2) is 0 Å². The highest BCUT2D eigenvalue weighted by Crippen LogP contribution is 2.44. The zero-order valence-corrected chi connectivity index (χ0v) is 11.6. The summed E-state index contributed by atoms with van der Waals surface area (Å²) in [5, 5.41) is 4.69. The Labute approximate surface area is 110 Å². The van der Waals surface area contributed by atoms with Gasteiger partial charge in [0.15, 0.2) is 5.11 Å². The Morgan fingerprint density at radius 2 is 2.12 bits per heavy atom. The third-order valence-electron chi connectivity index (χ3n) is 4.99. The number of thiocarbonyl (C=S) groups is 1. The number of hydrogen-bond acceptors (Lipinski definition) is 1. The van der Waals surface area contributed by atoms with Gasteiger partial charge in [0.25, 0.3) is 0 Å². The number of likely N-dealkylation sites (tertiary alicyclic amines) is 1. The fraction of sp³-hybridized carbons (Fsp3) is 0.929. The quantitative estimate of drug-likeness (QED) is 0.723. The average molecular weight is 252 g/mol.